The number of rotatable bonds is 5. The summed E-state index contributed by atoms with van der Waals surface area (Å²) in [5.41, 5.74) is 0.577. The van der Waals surface area contributed by atoms with Crippen molar-refractivity contribution in [2.75, 3.05) is 39.9 Å². The van der Waals surface area contributed by atoms with E-state index in [-0.39, 0.29) is 0 Å². The lowest BCUT2D eigenvalue weighted by molar-refractivity contribution is -0.0674. The summed E-state index contributed by atoms with van der Waals surface area (Å²) in [5, 5.41) is 0. The molecule has 1 saturated carbocycles. The van der Waals surface area contributed by atoms with Crippen LogP contribution in [0.2, 0.25) is 0 Å². The fourth-order valence-electron chi connectivity index (χ4n) is 5.19. The molecule has 2 saturated heterocycles. The van der Waals surface area contributed by atoms with Crippen molar-refractivity contribution in [3.8, 4) is 0 Å². The number of nitrogens with zero attached hydrogens (tertiary/aromatic N) is 2. The van der Waals surface area contributed by atoms with E-state index in [4.69, 9.17) is 9.15 Å². The molecule has 1 atom stereocenters. The van der Waals surface area contributed by atoms with Crippen LogP contribution >= 0.6 is 0 Å². The van der Waals surface area contributed by atoms with Gasteiger partial charge in [0.1, 0.15) is 5.76 Å². The molecule has 0 amide bonds. The average molecular weight is 332 g/mol. The van der Waals surface area contributed by atoms with Crippen LogP contribution in [0.1, 0.15) is 44.3 Å². The largest absolute Gasteiger partial charge is 0.468 e. The Bertz CT molecular complexity index is 502. The summed E-state index contributed by atoms with van der Waals surface area (Å²) in [6.45, 7) is 6.78. The predicted octanol–water partition coefficient (Wildman–Crippen LogP) is 3.38. The van der Waals surface area contributed by atoms with Crippen molar-refractivity contribution in [1.29, 1.82) is 0 Å². The van der Waals surface area contributed by atoms with Gasteiger partial charge in [-0.25, -0.2) is 0 Å². The topological polar surface area (TPSA) is 28.9 Å². The molecule has 24 heavy (non-hydrogen) atoms. The van der Waals surface area contributed by atoms with Gasteiger partial charge in [0, 0.05) is 25.8 Å². The highest BCUT2D eigenvalue weighted by atomic mass is 16.5. The Morgan fingerprint density at radius 2 is 1.96 bits per heavy atom. The number of ether oxygens (including phenoxy) is 1. The van der Waals surface area contributed by atoms with Gasteiger partial charge in [0.05, 0.1) is 12.8 Å². The van der Waals surface area contributed by atoms with Crippen molar-refractivity contribution in [3.05, 3.63) is 24.2 Å². The maximum atomic E-state index is 5.54. The third-order valence-corrected chi connectivity index (χ3v) is 6.85. The van der Waals surface area contributed by atoms with E-state index in [2.05, 4.69) is 22.9 Å². The highest BCUT2D eigenvalue weighted by Gasteiger charge is 2.49. The average Bonchev–Trinajstić information content (AvgIpc) is 3.08. The van der Waals surface area contributed by atoms with E-state index in [0.29, 0.717) is 5.41 Å². The summed E-state index contributed by atoms with van der Waals surface area (Å²) in [5.74, 6) is 1.96. The molecule has 2 aliphatic heterocycles. The molecule has 4 rings (SSSR count). The fraction of sp³-hybridized carbons (Fsp3) is 0.800. The first-order valence-corrected chi connectivity index (χ1v) is 9.78. The minimum absolute atomic E-state index is 0.577. The van der Waals surface area contributed by atoms with Crippen molar-refractivity contribution in [2.24, 2.45) is 11.3 Å². The first kappa shape index (κ1) is 16.6. The van der Waals surface area contributed by atoms with E-state index >= 15 is 0 Å². The second-order valence-electron chi connectivity index (χ2n) is 8.27. The SMILES string of the molecule is CN(Cc1ccco1)C1CCC12CCN(CC1CCOCC1)CC2. The molecule has 3 aliphatic rings. The molecule has 4 heteroatoms. The maximum Gasteiger partial charge on any atom is 0.117 e. The molecule has 0 bridgehead atoms. The van der Waals surface area contributed by atoms with Gasteiger partial charge in [0.25, 0.3) is 0 Å². The van der Waals surface area contributed by atoms with Crippen LogP contribution < -0.4 is 0 Å². The molecule has 0 radical (unpaired) electrons. The zero-order valence-electron chi connectivity index (χ0n) is 15.1. The first-order chi connectivity index (χ1) is 11.8. The van der Waals surface area contributed by atoms with Crippen LogP contribution in [0.4, 0.5) is 0 Å². The second-order valence-corrected chi connectivity index (χ2v) is 8.27. The molecule has 1 spiro atoms. The van der Waals surface area contributed by atoms with E-state index in [1.807, 2.05) is 6.07 Å². The Morgan fingerprint density at radius 3 is 2.58 bits per heavy atom. The summed E-state index contributed by atoms with van der Waals surface area (Å²) < 4.78 is 11.0. The zero-order valence-corrected chi connectivity index (χ0v) is 15.1. The molecule has 1 unspecified atom stereocenters. The van der Waals surface area contributed by atoms with Crippen LogP contribution in [0, 0.1) is 11.3 Å². The van der Waals surface area contributed by atoms with Gasteiger partial charge in [-0.2, -0.15) is 0 Å². The lowest BCUT2D eigenvalue weighted by atomic mass is 9.58. The van der Waals surface area contributed by atoms with Gasteiger partial charge < -0.3 is 14.1 Å². The van der Waals surface area contributed by atoms with E-state index in [9.17, 15) is 0 Å². The molecule has 1 aromatic heterocycles. The minimum Gasteiger partial charge on any atom is -0.468 e. The number of likely N-dealkylation sites (tertiary alicyclic amines) is 1. The molecule has 4 nitrogen and oxygen atoms in total. The fourth-order valence-corrected chi connectivity index (χ4v) is 5.19. The molecular weight excluding hydrogens is 300 g/mol. The molecule has 1 aromatic rings. The summed E-state index contributed by atoms with van der Waals surface area (Å²) >= 11 is 0. The first-order valence-electron chi connectivity index (χ1n) is 9.78. The van der Waals surface area contributed by atoms with Crippen LogP contribution in [0.25, 0.3) is 0 Å². The van der Waals surface area contributed by atoms with Gasteiger partial charge in [-0.05, 0) is 82.1 Å². The molecule has 134 valence electrons. The lowest BCUT2D eigenvalue weighted by Crippen LogP contribution is -2.58. The molecule has 0 N–H and O–H groups in total. The Kier molecular flexibility index (Phi) is 4.98. The van der Waals surface area contributed by atoms with Gasteiger partial charge in [-0.15, -0.1) is 0 Å². The third kappa shape index (κ3) is 3.42. The summed E-state index contributed by atoms with van der Waals surface area (Å²) in [6.07, 6.45) is 9.84. The smallest absolute Gasteiger partial charge is 0.117 e. The monoisotopic (exact) mass is 332 g/mol. The Labute approximate surface area is 146 Å². The van der Waals surface area contributed by atoms with Crippen molar-refractivity contribution < 1.29 is 9.15 Å². The summed E-state index contributed by atoms with van der Waals surface area (Å²) in [6, 6.07) is 4.83. The maximum absolute atomic E-state index is 5.54. The molecule has 1 aliphatic carbocycles. The third-order valence-electron chi connectivity index (χ3n) is 6.85. The van der Waals surface area contributed by atoms with Gasteiger partial charge in [0.2, 0.25) is 0 Å². The quantitative estimate of drug-likeness (QED) is 0.826. The minimum atomic E-state index is 0.577. The van der Waals surface area contributed by atoms with Crippen LogP contribution in [-0.4, -0.2) is 55.7 Å². The van der Waals surface area contributed by atoms with Gasteiger partial charge in [0.15, 0.2) is 0 Å². The molecular formula is C20H32N2O2. The zero-order chi connectivity index (χ0) is 16.4. The van der Waals surface area contributed by atoms with Gasteiger partial charge in [-0.1, -0.05) is 0 Å². The van der Waals surface area contributed by atoms with Gasteiger partial charge in [-0.3, -0.25) is 4.90 Å². The Morgan fingerprint density at radius 1 is 1.17 bits per heavy atom. The highest BCUT2D eigenvalue weighted by molar-refractivity contribution is 5.05. The van der Waals surface area contributed by atoms with E-state index < -0.39 is 0 Å². The Balaban J connectivity index is 1.27. The number of piperidine rings is 1. The summed E-state index contributed by atoms with van der Waals surface area (Å²) in [4.78, 5) is 5.26. The van der Waals surface area contributed by atoms with Crippen LogP contribution in [-0.2, 0) is 11.3 Å². The van der Waals surface area contributed by atoms with Crippen LogP contribution in [0.15, 0.2) is 22.8 Å². The highest BCUT2D eigenvalue weighted by Crippen LogP contribution is 2.51. The molecule has 3 heterocycles. The van der Waals surface area contributed by atoms with Crippen molar-refractivity contribution >= 4 is 0 Å². The van der Waals surface area contributed by atoms with Crippen molar-refractivity contribution in [2.45, 2.75) is 51.1 Å². The second kappa shape index (κ2) is 7.19. The molecule has 0 aromatic carbocycles. The Hall–Kier alpha value is -0.840. The number of furan rings is 1. The predicted molar refractivity (Wildman–Crippen MR) is 94.8 cm³/mol. The van der Waals surface area contributed by atoms with Crippen LogP contribution in [0.3, 0.4) is 0 Å². The number of hydrogen-bond acceptors (Lipinski definition) is 4. The normalized spacial score (nSPS) is 28.3. The van der Waals surface area contributed by atoms with Crippen molar-refractivity contribution in [1.82, 2.24) is 9.80 Å². The van der Waals surface area contributed by atoms with Crippen molar-refractivity contribution in [3.63, 3.8) is 0 Å². The number of hydrogen-bond donors (Lipinski definition) is 0. The van der Waals surface area contributed by atoms with E-state index in [0.717, 1.165) is 37.5 Å². The molecule has 3 fully saturated rings. The summed E-state index contributed by atoms with van der Waals surface area (Å²) in [7, 11) is 2.28. The standard InChI is InChI=1S/C20H32N2O2/c1-21(16-18-3-2-12-24-18)19-4-7-20(19)8-10-22(11-9-20)15-17-5-13-23-14-6-17/h2-3,12,17,19H,4-11,13-16H2,1H3. The van der Waals surface area contributed by atoms with Crippen LogP contribution in [0.5, 0.6) is 0 Å². The lowest BCUT2D eigenvalue weighted by Gasteiger charge is -2.57. The van der Waals surface area contributed by atoms with E-state index in [1.54, 1.807) is 6.26 Å². The van der Waals surface area contributed by atoms with E-state index in [1.165, 1.54) is 58.2 Å². The van der Waals surface area contributed by atoms with Gasteiger partial charge >= 0.3 is 0 Å².